The lowest BCUT2D eigenvalue weighted by Gasteiger charge is -2.23. The van der Waals surface area contributed by atoms with Gasteiger partial charge in [-0.1, -0.05) is 12.1 Å². The number of aryl methyl sites for hydroxylation is 1. The molecule has 0 spiro atoms. The van der Waals surface area contributed by atoms with Gasteiger partial charge in [0.25, 0.3) is 0 Å². The molecule has 0 radical (unpaired) electrons. The van der Waals surface area contributed by atoms with Crippen LogP contribution in [0.25, 0.3) is 0 Å². The van der Waals surface area contributed by atoms with E-state index in [9.17, 15) is 9.18 Å². The summed E-state index contributed by atoms with van der Waals surface area (Å²) in [4.78, 5) is 19.8. The van der Waals surface area contributed by atoms with Gasteiger partial charge in [-0.3, -0.25) is 9.69 Å². The maximum absolute atomic E-state index is 13.0. The Balaban J connectivity index is 1.64. The lowest BCUT2D eigenvalue weighted by Crippen LogP contribution is -2.39. The van der Waals surface area contributed by atoms with Crippen LogP contribution in [0.3, 0.4) is 0 Å². The van der Waals surface area contributed by atoms with Crippen LogP contribution in [0.5, 0.6) is 0 Å². The molecule has 1 N–H and O–H groups in total. The van der Waals surface area contributed by atoms with Crippen LogP contribution in [-0.4, -0.2) is 28.4 Å². The molecule has 22 heavy (non-hydrogen) atoms. The van der Waals surface area contributed by atoms with Crippen molar-refractivity contribution in [1.82, 2.24) is 9.88 Å². The highest BCUT2D eigenvalue weighted by Gasteiger charge is 2.31. The highest BCUT2D eigenvalue weighted by molar-refractivity contribution is 7.15. The average molecular weight is 319 g/mol. The third-order valence-electron chi connectivity index (χ3n) is 3.82. The molecule has 1 aliphatic heterocycles. The third-order valence-corrected chi connectivity index (χ3v) is 4.64. The van der Waals surface area contributed by atoms with E-state index in [0.717, 1.165) is 29.8 Å². The number of carbonyl (C=O) groups is 1. The number of thiazole rings is 1. The number of nitrogens with one attached hydrogen (secondary N) is 1. The second kappa shape index (κ2) is 6.54. The molecule has 3 rings (SSSR count). The molecule has 1 amide bonds. The summed E-state index contributed by atoms with van der Waals surface area (Å²) in [6.07, 6.45) is 3.60. The van der Waals surface area contributed by atoms with Crippen molar-refractivity contribution in [2.24, 2.45) is 0 Å². The van der Waals surface area contributed by atoms with Crippen molar-refractivity contribution in [3.8, 4) is 0 Å². The summed E-state index contributed by atoms with van der Waals surface area (Å²) in [6.45, 7) is 3.51. The van der Waals surface area contributed by atoms with E-state index in [2.05, 4.69) is 15.2 Å². The summed E-state index contributed by atoms with van der Waals surface area (Å²) in [5.41, 5.74) is 1.02. The van der Waals surface area contributed by atoms with Gasteiger partial charge in [-0.2, -0.15) is 0 Å². The van der Waals surface area contributed by atoms with E-state index in [4.69, 9.17) is 0 Å². The molecule has 116 valence electrons. The van der Waals surface area contributed by atoms with E-state index in [1.807, 2.05) is 6.92 Å². The number of amides is 1. The molecule has 1 unspecified atom stereocenters. The molecular weight excluding hydrogens is 301 g/mol. The first-order valence-corrected chi connectivity index (χ1v) is 8.15. The van der Waals surface area contributed by atoms with Crippen molar-refractivity contribution in [2.75, 3.05) is 11.9 Å². The molecule has 0 saturated carbocycles. The normalized spacial score (nSPS) is 18.5. The van der Waals surface area contributed by atoms with Gasteiger partial charge in [0.1, 0.15) is 5.82 Å². The van der Waals surface area contributed by atoms with Crippen molar-refractivity contribution < 1.29 is 9.18 Å². The van der Waals surface area contributed by atoms with Crippen LogP contribution in [0.2, 0.25) is 0 Å². The van der Waals surface area contributed by atoms with Gasteiger partial charge >= 0.3 is 0 Å². The zero-order valence-electron chi connectivity index (χ0n) is 12.4. The monoisotopic (exact) mass is 319 g/mol. The SMILES string of the molecule is Cc1cnc(NC(=O)C2CCCN2Cc2ccc(F)cc2)s1. The number of halogens is 1. The molecule has 1 aromatic heterocycles. The fraction of sp³-hybridized carbons (Fsp3) is 0.375. The van der Waals surface area contributed by atoms with E-state index in [-0.39, 0.29) is 17.8 Å². The maximum Gasteiger partial charge on any atom is 0.243 e. The Bertz CT molecular complexity index is 656. The third kappa shape index (κ3) is 3.51. The molecule has 2 heterocycles. The predicted molar refractivity (Wildman–Crippen MR) is 85.3 cm³/mol. The quantitative estimate of drug-likeness (QED) is 0.941. The van der Waals surface area contributed by atoms with Crippen LogP contribution >= 0.6 is 11.3 Å². The lowest BCUT2D eigenvalue weighted by atomic mass is 10.1. The van der Waals surface area contributed by atoms with Crippen LogP contribution in [0, 0.1) is 12.7 Å². The number of hydrogen-bond donors (Lipinski definition) is 1. The molecule has 2 aromatic rings. The minimum Gasteiger partial charge on any atom is -0.301 e. The fourth-order valence-corrected chi connectivity index (χ4v) is 3.41. The highest BCUT2D eigenvalue weighted by atomic mass is 32.1. The maximum atomic E-state index is 13.0. The zero-order chi connectivity index (χ0) is 15.5. The van der Waals surface area contributed by atoms with E-state index >= 15 is 0 Å². The second-order valence-electron chi connectivity index (χ2n) is 5.52. The summed E-state index contributed by atoms with van der Waals surface area (Å²) >= 11 is 1.48. The molecule has 0 aliphatic carbocycles. The van der Waals surface area contributed by atoms with Gasteiger partial charge in [0.2, 0.25) is 5.91 Å². The molecule has 4 nitrogen and oxygen atoms in total. The van der Waals surface area contributed by atoms with E-state index in [1.54, 1.807) is 18.3 Å². The Hall–Kier alpha value is -1.79. The average Bonchev–Trinajstić information content (AvgIpc) is 3.10. The molecular formula is C16H18FN3OS. The van der Waals surface area contributed by atoms with Gasteiger partial charge in [0.05, 0.1) is 6.04 Å². The Morgan fingerprint density at radius 2 is 2.23 bits per heavy atom. The van der Waals surface area contributed by atoms with Crippen molar-refractivity contribution in [3.05, 3.63) is 46.7 Å². The zero-order valence-corrected chi connectivity index (χ0v) is 13.2. The number of hydrogen-bond acceptors (Lipinski definition) is 4. The molecule has 6 heteroatoms. The number of anilines is 1. The van der Waals surface area contributed by atoms with E-state index in [1.165, 1.54) is 23.5 Å². The fourth-order valence-electron chi connectivity index (χ4n) is 2.74. The molecule has 1 fully saturated rings. The van der Waals surface area contributed by atoms with Crippen molar-refractivity contribution in [2.45, 2.75) is 32.4 Å². The highest BCUT2D eigenvalue weighted by Crippen LogP contribution is 2.23. The molecule has 1 atom stereocenters. The van der Waals surface area contributed by atoms with Crippen LogP contribution in [-0.2, 0) is 11.3 Å². The largest absolute Gasteiger partial charge is 0.301 e. The summed E-state index contributed by atoms with van der Waals surface area (Å²) in [5.74, 6) is -0.243. The van der Waals surface area contributed by atoms with Crippen LogP contribution in [0.1, 0.15) is 23.3 Å². The predicted octanol–water partition coefficient (Wildman–Crippen LogP) is 3.19. The summed E-state index contributed by atoms with van der Waals surface area (Å²) in [5, 5.41) is 3.55. The van der Waals surface area contributed by atoms with Crippen LogP contribution < -0.4 is 5.32 Å². The van der Waals surface area contributed by atoms with Gasteiger partial charge in [0.15, 0.2) is 5.13 Å². The van der Waals surface area contributed by atoms with E-state index in [0.29, 0.717) is 11.7 Å². The molecule has 0 bridgehead atoms. The summed E-state index contributed by atoms with van der Waals surface area (Å²) in [7, 11) is 0. The van der Waals surface area contributed by atoms with Crippen molar-refractivity contribution in [3.63, 3.8) is 0 Å². The number of rotatable bonds is 4. The molecule has 1 aromatic carbocycles. The van der Waals surface area contributed by atoms with Crippen LogP contribution in [0.4, 0.5) is 9.52 Å². The second-order valence-corrected chi connectivity index (χ2v) is 6.76. The minimum absolute atomic E-state index is 0.00559. The Morgan fingerprint density at radius 3 is 2.91 bits per heavy atom. The first-order chi connectivity index (χ1) is 10.6. The van der Waals surface area contributed by atoms with Gasteiger partial charge in [-0.15, -0.1) is 11.3 Å². The number of benzene rings is 1. The smallest absolute Gasteiger partial charge is 0.243 e. The standard InChI is InChI=1S/C16H18FN3OS/c1-11-9-18-16(22-11)19-15(21)14-3-2-8-20(14)10-12-4-6-13(17)7-5-12/h4-7,9,14H,2-3,8,10H2,1H3,(H,18,19,21). The molecule has 1 saturated heterocycles. The summed E-state index contributed by atoms with van der Waals surface area (Å²) < 4.78 is 13.0. The summed E-state index contributed by atoms with van der Waals surface area (Å²) in [6, 6.07) is 6.31. The lowest BCUT2D eigenvalue weighted by molar-refractivity contribution is -0.120. The van der Waals surface area contributed by atoms with Gasteiger partial charge in [-0.05, 0) is 44.0 Å². The number of aromatic nitrogens is 1. The Labute approximate surface area is 133 Å². The topological polar surface area (TPSA) is 45.2 Å². The van der Waals surface area contributed by atoms with Gasteiger partial charge < -0.3 is 5.32 Å². The number of nitrogens with zero attached hydrogens (tertiary/aromatic N) is 2. The molecule has 1 aliphatic rings. The van der Waals surface area contributed by atoms with Crippen LogP contribution in [0.15, 0.2) is 30.5 Å². The van der Waals surface area contributed by atoms with Gasteiger partial charge in [-0.25, -0.2) is 9.37 Å². The van der Waals surface area contributed by atoms with Gasteiger partial charge in [0, 0.05) is 17.6 Å². The number of likely N-dealkylation sites (tertiary alicyclic amines) is 1. The van der Waals surface area contributed by atoms with Crippen molar-refractivity contribution in [1.29, 1.82) is 0 Å². The minimum atomic E-state index is -0.237. The number of carbonyl (C=O) groups excluding carboxylic acids is 1. The first-order valence-electron chi connectivity index (χ1n) is 7.33. The van der Waals surface area contributed by atoms with Crippen molar-refractivity contribution >= 4 is 22.4 Å². The van der Waals surface area contributed by atoms with E-state index < -0.39 is 0 Å². The first kappa shape index (κ1) is 15.1. The Morgan fingerprint density at radius 1 is 1.45 bits per heavy atom. The Kier molecular flexibility index (Phi) is 4.49.